The minimum atomic E-state index is -0.0179. The lowest BCUT2D eigenvalue weighted by molar-refractivity contribution is 0.241. The van der Waals surface area contributed by atoms with Crippen LogP contribution in [0.3, 0.4) is 0 Å². The molecule has 124 valence electrons. The third-order valence-electron chi connectivity index (χ3n) is 3.49. The molecule has 0 saturated heterocycles. The largest absolute Gasteiger partial charge is 0.496 e. The van der Waals surface area contributed by atoms with Crippen molar-refractivity contribution in [2.24, 2.45) is 0 Å². The molecule has 0 aliphatic heterocycles. The molecule has 3 aromatic rings. The Bertz CT molecular complexity index is 904. The zero-order valence-corrected chi connectivity index (χ0v) is 15.9. The van der Waals surface area contributed by atoms with Crippen LogP contribution in [0.15, 0.2) is 56.2 Å². The lowest BCUT2D eigenvalue weighted by Gasteiger charge is -2.08. The van der Waals surface area contributed by atoms with Gasteiger partial charge in [-0.1, -0.05) is 15.9 Å². The Hall–Kier alpha value is -1.92. The van der Waals surface area contributed by atoms with Crippen LogP contribution in [0.1, 0.15) is 0 Å². The average Bonchev–Trinajstić information content (AvgIpc) is 2.97. The first-order chi connectivity index (χ1) is 11.5. The number of carbonyl (C=O) groups is 1. The van der Waals surface area contributed by atoms with Crippen molar-refractivity contribution in [1.29, 1.82) is 0 Å². The van der Waals surface area contributed by atoms with Crippen molar-refractivity contribution in [3.63, 3.8) is 0 Å². The Morgan fingerprint density at radius 3 is 2.67 bits per heavy atom. The Labute approximate surface area is 152 Å². The summed E-state index contributed by atoms with van der Waals surface area (Å²) in [5.74, 6) is 1.47. The molecular weight excluding hydrogens is 390 g/mol. The first-order valence-corrected chi connectivity index (χ1v) is 8.85. The van der Waals surface area contributed by atoms with Crippen LogP contribution < -0.4 is 4.74 Å². The van der Waals surface area contributed by atoms with Gasteiger partial charge in [0.15, 0.2) is 0 Å². The number of thioether (sulfide) groups is 1. The number of halogens is 1. The number of amides is 1. The normalized spacial score (nSPS) is 10.8. The van der Waals surface area contributed by atoms with Gasteiger partial charge in [0.1, 0.15) is 17.1 Å². The van der Waals surface area contributed by atoms with Gasteiger partial charge in [0, 0.05) is 28.8 Å². The van der Waals surface area contributed by atoms with Gasteiger partial charge >= 0.3 is 0 Å². The first kappa shape index (κ1) is 16.9. The smallest absolute Gasteiger partial charge is 0.285 e. The molecule has 1 heterocycles. The number of methoxy groups -OCH3 is 1. The zero-order valence-electron chi connectivity index (χ0n) is 13.5. The molecule has 0 unspecified atom stereocenters. The number of nitrogens with zero attached hydrogens (tertiary/aromatic N) is 1. The zero-order chi connectivity index (χ0) is 17.3. The van der Waals surface area contributed by atoms with E-state index in [0.717, 1.165) is 37.4 Å². The lowest BCUT2D eigenvalue weighted by atomic mass is 10.1. The summed E-state index contributed by atoms with van der Waals surface area (Å²) in [4.78, 5) is 14.2. The third-order valence-corrected chi connectivity index (χ3v) is 5.01. The van der Waals surface area contributed by atoms with Gasteiger partial charge in [-0.3, -0.25) is 4.79 Å². The number of hydrogen-bond donors (Lipinski definition) is 0. The fourth-order valence-corrected chi connectivity index (χ4v) is 3.29. The number of ether oxygens (including phenoxy) is 1. The second-order valence-electron chi connectivity index (χ2n) is 5.42. The number of hydrogen-bond acceptors (Lipinski definition) is 4. The summed E-state index contributed by atoms with van der Waals surface area (Å²) in [7, 11) is 5.10. The topological polar surface area (TPSA) is 42.7 Å². The van der Waals surface area contributed by atoms with Gasteiger partial charge in [-0.2, -0.15) is 0 Å². The third kappa shape index (κ3) is 3.44. The molecule has 0 aliphatic carbocycles. The van der Waals surface area contributed by atoms with Gasteiger partial charge in [0.05, 0.1) is 12.7 Å². The molecule has 0 saturated carbocycles. The number of furan rings is 1. The highest BCUT2D eigenvalue weighted by molar-refractivity contribution is 9.10. The maximum absolute atomic E-state index is 11.8. The number of carbonyl (C=O) groups excluding carboxylic acids is 1. The van der Waals surface area contributed by atoms with Gasteiger partial charge in [-0.15, -0.1) is 0 Å². The highest BCUT2D eigenvalue weighted by atomic mass is 79.9. The van der Waals surface area contributed by atoms with Crippen molar-refractivity contribution in [1.82, 2.24) is 4.90 Å². The second-order valence-corrected chi connectivity index (χ2v) is 7.36. The number of rotatable bonds is 3. The van der Waals surface area contributed by atoms with Crippen molar-refractivity contribution in [2.75, 3.05) is 21.2 Å². The predicted molar refractivity (Wildman–Crippen MR) is 101 cm³/mol. The van der Waals surface area contributed by atoms with Crippen LogP contribution in [-0.2, 0) is 0 Å². The molecular formula is C18H16BrNO3S. The molecule has 0 aliphatic rings. The molecule has 0 fully saturated rings. The van der Waals surface area contributed by atoms with E-state index in [2.05, 4.69) is 15.9 Å². The molecule has 0 atom stereocenters. The van der Waals surface area contributed by atoms with E-state index >= 15 is 0 Å². The monoisotopic (exact) mass is 405 g/mol. The van der Waals surface area contributed by atoms with E-state index in [-0.39, 0.29) is 5.24 Å². The molecule has 3 rings (SSSR count). The Balaban J connectivity index is 1.99. The van der Waals surface area contributed by atoms with Crippen molar-refractivity contribution in [3.05, 3.63) is 46.9 Å². The summed E-state index contributed by atoms with van der Waals surface area (Å²) < 4.78 is 12.4. The van der Waals surface area contributed by atoms with Gasteiger partial charge < -0.3 is 14.1 Å². The summed E-state index contributed by atoms with van der Waals surface area (Å²) in [6.45, 7) is 0. The second kappa shape index (κ2) is 6.91. The van der Waals surface area contributed by atoms with Crippen LogP contribution in [0.25, 0.3) is 22.3 Å². The minimum Gasteiger partial charge on any atom is -0.496 e. The van der Waals surface area contributed by atoms with Gasteiger partial charge in [-0.25, -0.2) is 0 Å². The fraction of sp³-hybridized carbons (Fsp3) is 0.167. The maximum atomic E-state index is 11.8. The van der Waals surface area contributed by atoms with Gasteiger partial charge in [0.2, 0.25) is 0 Å². The first-order valence-electron chi connectivity index (χ1n) is 7.24. The summed E-state index contributed by atoms with van der Waals surface area (Å²) in [5.41, 5.74) is 1.63. The van der Waals surface area contributed by atoms with E-state index in [1.807, 2.05) is 42.5 Å². The summed E-state index contributed by atoms with van der Waals surface area (Å²) in [6, 6.07) is 13.5. The van der Waals surface area contributed by atoms with E-state index in [1.54, 1.807) is 26.1 Å². The van der Waals surface area contributed by atoms with Gasteiger partial charge in [-0.05, 0) is 54.2 Å². The summed E-state index contributed by atoms with van der Waals surface area (Å²) in [5, 5.41) is 0.965. The highest BCUT2D eigenvalue weighted by Gasteiger charge is 2.13. The van der Waals surface area contributed by atoms with Crippen LogP contribution in [-0.4, -0.2) is 31.3 Å². The highest BCUT2D eigenvalue weighted by Crippen LogP contribution is 2.36. The lowest BCUT2D eigenvalue weighted by Crippen LogP contribution is -2.15. The van der Waals surface area contributed by atoms with E-state index < -0.39 is 0 Å². The summed E-state index contributed by atoms with van der Waals surface area (Å²) in [6.07, 6.45) is 0. The standard InChI is InChI=1S/C18H16BrNO3S/c1-20(2)18(21)24-13-6-4-11-8-17(23-15(11)10-13)14-7-5-12(19)9-16(14)22-3/h4-10H,1-3H3. The molecule has 0 bridgehead atoms. The molecule has 6 heteroatoms. The SMILES string of the molecule is COc1cc(Br)ccc1-c1cc2ccc(SC(=O)N(C)C)cc2o1. The van der Waals surface area contributed by atoms with E-state index in [9.17, 15) is 4.79 Å². The maximum Gasteiger partial charge on any atom is 0.285 e. The average molecular weight is 406 g/mol. The van der Waals surface area contributed by atoms with Crippen molar-refractivity contribution < 1.29 is 13.9 Å². The Morgan fingerprint density at radius 2 is 1.96 bits per heavy atom. The minimum absolute atomic E-state index is 0.0179. The van der Waals surface area contributed by atoms with Crippen LogP contribution in [0.5, 0.6) is 5.75 Å². The molecule has 0 N–H and O–H groups in total. The van der Waals surface area contributed by atoms with Crippen LogP contribution in [0.2, 0.25) is 0 Å². The van der Waals surface area contributed by atoms with Crippen LogP contribution in [0.4, 0.5) is 4.79 Å². The van der Waals surface area contributed by atoms with Gasteiger partial charge in [0.25, 0.3) is 5.24 Å². The van der Waals surface area contributed by atoms with Crippen LogP contribution >= 0.6 is 27.7 Å². The molecule has 4 nitrogen and oxygen atoms in total. The molecule has 2 aromatic carbocycles. The number of benzene rings is 2. The molecule has 0 spiro atoms. The van der Waals surface area contributed by atoms with E-state index in [4.69, 9.17) is 9.15 Å². The van der Waals surface area contributed by atoms with Crippen molar-refractivity contribution in [3.8, 4) is 17.1 Å². The molecule has 0 radical (unpaired) electrons. The Kier molecular flexibility index (Phi) is 4.87. The van der Waals surface area contributed by atoms with Crippen LogP contribution in [0, 0.1) is 0 Å². The predicted octanol–water partition coefficient (Wildman–Crippen LogP) is 5.64. The van der Waals surface area contributed by atoms with E-state index in [0.29, 0.717) is 0 Å². The fourth-order valence-electron chi connectivity index (χ4n) is 2.27. The summed E-state index contributed by atoms with van der Waals surface area (Å²) >= 11 is 4.62. The number of fused-ring (bicyclic) bond motifs is 1. The van der Waals surface area contributed by atoms with Crippen molar-refractivity contribution in [2.45, 2.75) is 4.90 Å². The Morgan fingerprint density at radius 1 is 1.17 bits per heavy atom. The quantitative estimate of drug-likeness (QED) is 0.528. The molecule has 1 amide bonds. The van der Waals surface area contributed by atoms with Crippen molar-refractivity contribution >= 4 is 43.9 Å². The molecule has 1 aromatic heterocycles. The van der Waals surface area contributed by atoms with E-state index in [1.165, 1.54) is 11.8 Å². The molecule has 24 heavy (non-hydrogen) atoms.